The molecule has 7 nitrogen and oxygen atoms in total. The zero-order valence-electron chi connectivity index (χ0n) is 31.7. The number of urea groups is 1. The summed E-state index contributed by atoms with van der Waals surface area (Å²) in [5.74, 6) is 2.24. The van der Waals surface area contributed by atoms with Crippen LogP contribution in [0.1, 0.15) is 121 Å². The van der Waals surface area contributed by atoms with Gasteiger partial charge in [0.2, 0.25) is 0 Å². The van der Waals surface area contributed by atoms with Crippen LogP contribution in [0.2, 0.25) is 0 Å². The fraction of sp³-hybridized carbons (Fsp3) is 0.767. The maximum absolute atomic E-state index is 14.0. The van der Waals surface area contributed by atoms with E-state index in [4.69, 9.17) is 0 Å². The molecule has 7 unspecified atom stereocenters. The average molecular weight is 685 g/mol. The number of amides is 2. The first-order valence-electron chi connectivity index (χ1n) is 20.4. The maximum Gasteiger partial charge on any atom is 0.335 e. The predicted octanol–water partition coefficient (Wildman–Crippen LogP) is 8.02. The lowest BCUT2D eigenvalue weighted by atomic mass is 9.34. The molecule has 0 radical (unpaired) electrons. The van der Waals surface area contributed by atoms with Crippen molar-refractivity contribution in [2.75, 3.05) is 46.3 Å². The number of hydrogen-bond acceptors (Lipinski definition) is 4. The van der Waals surface area contributed by atoms with Gasteiger partial charge in [-0.2, -0.15) is 0 Å². The Balaban J connectivity index is 0.966. The third-order valence-corrected chi connectivity index (χ3v) is 17.2. The van der Waals surface area contributed by atoms with E-state index >= 15 is 0 Å². The van der Waals surface area contributed by atoms with E-state index < -0.39 is 5.97 Å². The van der Waals surface area contributed by atoms with E-state index in [1.807, 2.05) is 12.1 Å². The number of carbonyl (C=O) groups is 2. The van der Waals surface area contributed by atoms with E-state index in [9.17, 15) is 14.7 Å². The molecule has 1 aromatic rings. The molecule has 5 aliphatic carbocycles. The minimum absolute atomic E-state index is 0.0240. The average Bonchev–Trinajstić information content (AvgIpc) is 3.53. The van der Waals surface area contributed by atoms with Crippen molar-refractivity contribution < 1.29 is 14.7 Å². The molecule has 0 aromatic heterocycles. The van der Waals surface area contributed by atoms with Crippen molar-refractivity contribution in [3.63, 3.8) is 0 Å². The molecule has 9 atom stereocenters. The van der Waals surface area contributed by atoms with Crippen molar-refractivity contribution >= 4 is 17.6 Å². The molecule has 4 saturated carbocycles. The van der Waals surface area contributed by atoms with E-state index in [2.05, 4.69) is 60.8 Å². The summed E-state index contributed by atoms with van der Waals surface area (Å²) >= 11 is 0. The minimum atomic E-state index is -0.859. The van der Waals surface area contributed by atoms with E-state index in [0.29, 0.717) is 52.0 Å². The molecule has 6 fully saturated rings. The number of nitrogens with one attached hydrogen (secondary N) is 1. The fourth-order valence-electron chi connectivity index (χ4n) is 14.2. The smallest absolute Gasteiger partial charge is 0.335 e. The molecule has 2 N–H and O–H groups in total. The molecule has 7 aliphatic rings. The van der Waals surface area contributed by atoms with Crippen LogP contribution in [0.15, 0.2) is 30.3 Å². The second kappa shape index (κ2) is 12.6. The maximum atomic E-state index is 14.0. The number of allylic oxidation sites excluding steroid dienone is 2. The van der Waals surface area contributed by atoms with Gasteiger partial charge in [0.25, 0.3) is 0 Å². The number of carbonyl (C=O) groups excluding carboxylic acids is 1. The highest BCUT2D eigenvalue weighted by molar-refractivity contribution is 5.88. The van der Waals surface area contributed by atoms with Crippen molar-refractivity contribution in [1.29, 1.82) is 0 Å². The molecular weight excluding hydrogens is 620 g/mol. The monoisotopic (exact) mass is 684 g/mol. The summed E-state index contributed by atoms with van der Waals surface area (Å²) in [6.45, 7) is 16.6. The third-order valence-electron chi connectivity index (χ3n) is 17.2. The SMILES string of the molecule is CC1C(c2ccc(C(=O)O)cc2)=CCC2(C)C1CCC1(C)C2CCC2C3CCC[C@]3(NC(=O)N3CCN(C4CCN(C)CC4)CC3)CC[C@]21C. The number of rotatable bonds is 4. The first-order chi connectivity index (χ1) is 23.9. The van der Waals surface area contributed by atoms with E-state index in [-0.39, 0.29) is 17.0 Å². The Morgan fingerprint density at radius 2 is 1.50 bits per heavy atom. The second-order valence-electron chi connectivity index (χ2n) is 18.9. The number of likely N-dealkylation sites (tertiary alicyclic amines) is 1. The molecule has 50 heavy (non-hydrogen) atoms. The number of fused-ring (bicyclic) bond motifs is 7. The molecular formula is C43H64N4O3. The first-order valence-corrected chi connectivity index (χ1v) is 20.4. The summed E-state index contributed by atoms with van der Waals surface area (Å²) in [7, 11) is 2.23. The molecule has 8 rings (SSSR count). The van der Waals surface area contributed by atoms with Crippen molar-refractivity contribution in [3.8, 4) is 0 Å². The van der Waals surface area contributed by atoms with Crippen LogP contribution < -0.4 is 5.32 Å². The predicted molar refractivity (Wildman–Crippen MR) is 200 cm³/mol. The van der Waals surface area contributed by atoms with Crippen LogP contribution in [0, 0.1) is 45.8 Å². The van der Waals surface area contributed by atoms with E-state index in [1.54, 1.807) is 12.1 Å². The molecule has 2 heterocycles. The van der Waals surface area contributed by atoms with Crippen LogP contribution in [-0.2, 0) is 0 Å². The lowest BCUT2D eigenvalue weighted by Gasteiger charge is -2.71. The summed E-state index contributed by atoms with van der Waals surface area (Å²) in [5, 5.41) is 13.2. The van der Waals surface area contributed by atoms with Crippen molar-refractivity contribution in [3.05, 3.63) is 41.5 Å². The van der Waals surface area contributed by atoms with Crippen LogP contribution in [0.5, 0.6) is 0 Å². The summed E-state index contributed by atoms with van der Waals surface area (Å²) in [6.07, 6.45) is 17.4. The molecule has 2 amide bonds. The van der Waals surface area contributed by atoms with Crippen LogP contribution in [0.4, 0.5) is 4.79 Å². The number of hydrogen-bond donors (Lipinski definition) is 2. The van der Waals surface area contributed by atoms with Gasteiger partial charge < -0.3 is 20.2 Å². The van der Waals surface area contributed by atoms with Crippen molar-refractivity contribution in [2.45, 2.75) is 116 Å². The topological polar surface area (TPSA) is 76.1 Å². The first kappa shape index (κ1) is 34.7. The Morgan fingerprint density at radius 1 is 0.780 bits per heavy atom. The van der Waals surface area contributed by atoms with Crippen LogP contribution >= 0.6 is 0 Å². The number of carboxylic acids is 1. The fourth-order valence-corrected chi connectivity index (χ4v) is 14.2. The number of piperazine rings is 1. The van der Waals surface area contributed by atoms with Gasteiger partial charge in [0.15, 0.2) is 0 Å². The highest BCUT2D eigenvalue weighted by Crippen LogP contribution is 2.75. The Bertz CT molecular complexity index is 1490. The summed E-state index contributed by atoms with van der Waals surface area (Å²) in [4.78, 5) is 32.8. The number of piperidine rings is 1. The quantitative estimate of drug-likeness (QED) is 0.336. The Kier molecular flexibility index (Phi) is 8.77. The molecule has 0 bridgehead atoms. The largest absolute Gasteiger partial charge is 0.478 e. The number of benzene rings is 1. The van der Waals surface area contributed by atoms with Crippen LogP contribution in [0.25, 0.3) is 5.57 Å². The second-order valence-corrected chi connectivity index (χ2v) is 18.9. The van der Waals surface area contributed by atoms with Gasteiger partial charge in [0, 0.05) is 37.8 Å². The molecule has 274 valence electrons. The van der Waals surface area contributed by atoms with Gasteiger partial charge >= 0.3 is 12.0 Å². The standard InChI is InChI=1S/C43H64N4O3/c1-29-33(30-8-10-31(11-9-30)38(48)49)14-19-40(2)34(29)15-20-42(4)37(40)13-12-35-36-7-6-18-43(36,22-21-41(35,42)3)44-39(50)47-27-25-46(26-28-47)32-16-23-45(5)24-17-32/h8-11,14,29,32,34-37H,6-7,12-13,15-28H2,1-5H3,(H,44,50)(H,48,49)/t29?,34?,35?,36?,37?,40?,41-,42?,43+/m1/s1. The van der Waals surface area contributed by atoms with Gasteiger partial charge in [-0.15, -0.1) is 0 Å². The summed E-state index contributed by atoms with van der Waals surface area (Å²) in [5.41, 5.74) is 3.83. The normalized spacial score (nSPS) is 42.5. The van der Waals surface area contributed by atoms with Crippen molar-refractivity contribution in [2.24, 2.45) is 45.8 Å². The Labute approximate surface area is 301 Å². The van der Waals surface area contributed by atoms with Crippen LogP contribution in [0.3, 0.4) is 0 Å². The van der Waals surface area contributed by atoms with Gasteiger partial charge in [-0.05, 0) is 160 Å². The Hall–Kier alpha value is -2.38. The van der Waals surface area contributed by atoms with Gasteiger partial charge in [-0.3, -0.25) is 4.90 Å². The van der Waals surface area contributed by atoms with Gasteiger partial charge in [-0.25, -0.2) is 9.59 Å². The number of aromatic carboxylic acids is 1. The third kappa shape index (κ3) is 5.32. The molecule has 1 aromatic carbocycles. The zero-order chi connectivity index (χ0) is 35.1. The highest BCUT2D eigenvalue weighted by Gasteiger charge is 2.68. The molecule has 0 spiro atoms. The van der Waals surface area contributed by atoms with E-state index in [1.165, 1.54) is 82.0 Å². The minimum Gasteiger partial charge on any atom is -0.478 e. The number of carboxylic acid groups (broad SMARTS) is 1. The Morgan fingerprint density at radius 3 is 2.20 bits per heavy atom. The highest BCUT2D eigenvalue weighted by atomic mass is 16.4. The zero-order valence-corrected chi connectivity index (χ0v) is 31.7. The van der Waals surface area contributed by atoms with Gasteiger partial charge in [-0.1, -0.05) is 52.3 Å². The van der Waals surface area contributed by atoms with Gasteiger partial charge in [0.05, 0.1) is 5.56 Å². The molecule has 2 saturated heterocycles. The lowest BCUT2D eigenvalue weighted by Crippen LogP contribution is -2.68. The van der Waals surface area contributed by atoms with Gasteiger partial charge in [0.1, 0.15) is 0 Å². The lowest BCUT2D eigenvalue weighted by molar-refractivity contribution is -0.210. The summed E-state index contributed by atoms with van der Waals surface area (Å²) < 4.78 is 0. The van der Waals surface area contributed by atoms with E-state index in [0.717, 1.165) is 45.4 Å². The van der Waals surface area contributed by atoms with Crippen molar-refractivity contribution in [1.82, 2.24) is 20.0 Å². The summed E-state index contributed by atoms with van der Waals surface area (Å²) in [6, 6.07) is 8.49. The number of nitrogens with zero attached hydrogens (tertiary/aromatic N) is 3. The molecule has 7 heteroatoms. The molecule has 2 aliphatic heterocycles. The van der Waals surface area contributed by atoms with Crippen LogP contribution in [-0.4, -0.2) is 89.7 Å².